The Hall–Kier alpha value is -6.58. The quantitative estimate of drug-likeness (QED) is 0.190. The lowest BCUT2D eigenvalue weighted by Crippen LogP contribution is -2.10. The highest BCUT2D eigenvalue weighted by Gasteiger charge is 2.23. The number of rotatable bonds is 5. The van der Waals surface area contributed by atoms with Gasteiger partial charge in [0.1, 0.15) is 11.2 Å². The zero-order chi connectivity index (χ0) is 32.3. The SMILES string of the molecule is c1ccc(-c2cc(-c3ccc(N(c4cccc5c4oc4ccccc45)c4cccc5c4oc4ccccc45)cc3)cc3ccccc23)cc1. The van der Waals surface area contributed by atoms with E-state index < -0.39 is 0 Å². The van der Waals surface area contributed by atoms with Crippen LogP contribution in [0.25, 0.3) is 76.9 Å². The van der Waals surface area contributed by atoms with Gasteiger partial charge in [0, 0.05) is 27.2 Å². The maximum atomic E-state index is 6.60. The lowest BCUT2D eigenvalue weighted by Gasteiger charge is -2.26. The van der Waals surface area contributed by atoms with Crippen LogP contribution in [0.4, 0.5) is 17.1 Å². The normalized spacial score (nSPS) is 11.7. The predicted molar refractivity (Wildman–Crippen MR) is 204 cm³/mol. The maximum Gasteiger partial charge on any atom is 0.159 e. The summed E-state index contributed by atoms with van der Waals surface area (Å²) in [7, 11) is 0. The monoisotopic (exact) mass is 627 g/mol. The van der Waals surface area contributed by atoms with Crippen LogP contribution in [0.2, 0.25) is 0 Å². The van der Waals surface area contributed by atoms with Gasteiger partial charge in [-0.3, -0.25) is 0 Å². The number of benzene rings is 8. The van der Waals surface area contributed by atoms with E-state index in [-0.39, 0.29) is 0 Å². The predicted octanol–water partition coefficient (Wildman–Crippen LogP) is 13.4. The largest absolute Gasteiger partial charge is 0.454 e. The molecule has 0 saturated carbocycles. The summed E-state index contributed by atoms with van der Waals surface area (Å²) >= 11 is 0. The van der Waals surface area contributed by atoms with Gasteiger partial charge in [-0.25, -0.2) is 0 Å². The minimum Gasteiger partial charge on any atom is -0.454 e. The van der Waals surface area contributed by atoms with E-state index in [2.05, 4.69) is 157 Å². The van der Waals surface area contributed by atoms with Crippen molar-refractivity contribution in [1.29, 1.82) is 0 Å². The second kappa shape index (κ2) is 11.0. The van der Waals surface area contributed by atoms with Gasteiger partial charge >= 0.3 is 0 Å². The molecule has 0 spiro atoms. The zero-order valence-corrected chi connectivity index (χ0v) is 26.5. The number of anilines is 3. The fourth-order valence-corrected chi connectivity index (χ4v) is 7.36. The molecule has 3 nitrogen and oxygen atoms in total. The van der Waals surface area contributed by atoms with Gasteiger partial charge < -0.3 is 13.7 Å². The van der Waals surface area contributed by atoms with Crippen molar-refractivity contribution in [2.24, 2.45) is 0 Å². The molecule has 2 aromatic heterocycles. The fourth-order valence-electron chi connectivity index (χ4n) is 7.36. The van der Waals surface area contributed by atoms with Crippen LogP contribution in [0, 0.1) is 0 Å². The van der Waals surface area contributed by atoms with Gasteiger partial charge in [0.2, 0.25) is 0 Å². The van der Waals surface area contributed by atoms with Crippen LogP contribution < -0.4 is 4.90 Å². The van der Waals surface area contributed by atoms with Crippen LogP contribution in [-0.2, 0) is 0 Å². The van der Waals surface area contributed by atoms with E-state index in [9.17, 15) is 0 Å². The topological polar surface area (TPSA) is 29.5 Å². The number of para-hydroxylation sites is 4. The second-order valence-corrected chi connectivity index (χ2v) is 12.5. The van der Waals surface area contributed by atoms with E-state index in [1.807, 2.05) is 24.3 Å². The number of hydrogen-bond acceptors (Lipinski definition) is 3. The zero-order valence-electron chi connectivity index (χ0n) is 26.5. The third-order valence-electron chi connectivity index (χ3n) is 9.65. The molecule has 3 heteroatoms. The first kappa shape index (κ1) is 27.5. The molecule has 10 rings (SSSR count). The second-order valence-electron chi connectivity index (χ2n) is 12.5. The van der Waals surface area contributed by atoms with Crippen LogP contribution in [0.15, 0.2) is 185 Å². The van der Waals surface area contributed by atoms with Crippen molar-refractivity contribution >= 4 is 71.7 Å². The molecule has 0 amide bonds. The third kappa shape index (κ3) is 4.44. The molecule has 8 aromatic carbocycles. The summed E-state index contributed by atoms with van der Waals surface area (Å²) in [4.78, 5) is 2.27. The Kier molecular flexibility index (Phi) is 6.18. The average Bonchev–Trinajstić information content (AvgIpc) is 3.75. The molecule has 0 fully saturated rings. The van der Waals surface area contributed by atoms with E-state index in [4.69, 9.17) is 8.83 Å². The molecule has 0 bridgehead atoms. The summed E-state index contributed by atoms with van der Waals surface area (Å²) in [5.74, 6) is 0. The van der Waals surface area contributed by atoms with Gasteiger partial charge in [-0.2, -0.15) is 0 Å². The summed E-state index contributed by atoms with van der Waals surface area (Å²) in [6.45, 7) is 0. The lowest BCUT2D eigenvalue weighted by molar-refractivity contribution is 0.666. The van der Waals surface area contributed by atoms with E-state index in [0.29, 0.717) is 0 Å². The van der Waals surface area contributed by atoms with Crippen molar-refractivity contribution < 1.29 is 8.83 Å². The molecule has 0 saturated heterocycles. The molecule has 230 valence electrons. The van der Waals surface area contributed by atoms with Crippen molar-refractivity contribution in [3.8, 4) is 22.3 Å². The van der Waals surface area contributed by atoms with Gasteiger partial charge in [0.05, 0.1) is 11.4 Å². The fraction of sp³-hybridized carbons (Fsp3) is 0. The molecule has 0 N–H and O–H groups in total. The third-order valence-corrected chi connectivity index (χ3v) is 9.65. The Balaban J connectivity index is 1.18. The van der Waals surface area contributed by atoms with Crippen LogP contribution in [0.3, 0.4) is 0 Å². The van der Waals surface area contributed by atoms with Crippen molar-refractivity contribution in [1.82, 2.24) is 0 Å². The van der Waals surface area contributed by atoms with Gasteiger partial charge in [-0.15, -0.1) is 0 Å². The molecule has 0 radical (unpaired) electrons. The molecule has 49 heavy (non-hydrogen) atoms. The van der Waals surface area contributed by atoms with Crippen molar-refractivity contribution in [2.45, 2.75) is 0 Å². The molecule has 0 aliphatic rings. The van der Waals surface area contributed by atoms with Crippen LogP contribution in [0.1, 0.15) is 0 Å². The Bertz CT molecular complexity index is 2710. The van der Waals surface area contributed by atoms with E-state index in [1.165, 1.54) is 27.5 Å². The maximum absolute atomic E-state index is 6.60. The van der Waals surface area contributed by atoms with Crippen LogP contribution in [0.5, 0.6) is 0 Å². The number of fused-ring (bicyclic) bond motifs is 7. The number of hydrogen-bond donors (Lipinski definition) is 0. The van der Waals surface area contributed by atoms with Crippen LogP contribution in [-0.4, -0.2) is 0 Å². The highest BCUT2D eigenvalue weighted by molar-refractivity contribution is 6.14. The van der Waals surface area contributed by atoms with E-state index in [1.54, 1.807) is 0 Å². The van der Waals surface area contributed by atoms with Gasteiger partial charge in [0.25, 0.3) is 0 Å². The standard InChI is InChI=1S/C46H29NO2/c1-2-12-31(13-3-1)40-29-33(28-32-14-4-5-15-35(32)40)30-24-26-34(27-25-30)47(41-20-10-18-38-36-16-6-8-22-43(36)48-45(38)41)42-21-11-19-39-37-17-7-9-23-44(37)49-46(39)42/h1-29H. The van der Waals surface area contributed by atoms with Crippen molar-refractivity contribution in [3.63, 3.8) is 0 Å². The Morgan fingerprint density at radius 1 is 0.347 bits per heavy atom. The average molecular weight is 628 g/mol. The minimum absolute atomic E-state index is 0.836. The van der Waals surface area contributed by atoms with Gasteiger partial charge in [-0.1, -0.05) is 127 Å². The first-order chi connectivity index (χ1) is 24.3. The first-order valence-electron chi connectivity index (χ1n) is 16.6. The molecule has 0 aliphatic heterocycles. The Morgan fingerprint density at radius 3 is 1.51 bits per heavy atom. The van der Waals surface area contributed by atoms with E-state index in [0.717, 1.165) is 66.5 Å². The first-order valence-corrected chi connectivity index (χ1v) is 16.6. The molecular formula is C46H29NO2. The molecule has 2 heterocycles. The Labute approximate surface area is 282 Å². The van der Waals surface area contributed by atoms with Crippen LogP contribution >= 0.6 is 0 Å². The lowest BCUT2D eigenvalue weighted by atomic mass is 9.93. The van der Waals surface area contributed by atoms with Crippen molar-refractivity contribution in [3.05, 3.63) is 176 Å². The van der Waals surface area contributed by atoms with Gasteiger partial charge in [-0.05, 0) is 81.6 Å². The van der Waals surface area contributed by atoms with Gasteiger partial charge in [0.15, 0.2) is 11.2 Å². The highest BCUT2D eigenvalue weighted by Crippen LogP contribution is 2.46. The molecule has 10 aromatic rings. The number of furan rings is 2. The summed E-state index contributed by atoms with van der Waals surface area (Å²) in [6.07, 6.45) is 0. The highest BCUT2D eigenvalue weighted by atomic mass is 16.3. The molecule has 0 unspecified atom stereocenters. The smallest absolute Gasteiger partial charge is 0.159 e. The molecule has 0 aliphatic carbocycles. The van der Waals surface area contributed by atoms with E-state index >= 15 is 0 Å². The van der Waals surface area contributed by atoms with Crippen molar-refractivity contribution in [2.75, 3.05) is 4.90 Å². The number of nitrogens with zero attached hydrogens (tertiary/aromatic N) is 1. The summed E-state index contributed by atoms with van der Waals surface area (Å²) in [6, 6.07) is 62.0. The minimum atomic E-state index is 0.836. The molecular weight excluding hydrogens is 599 g/mol. The summed E-state index contributed by atoms with van der Waals surface area (Å²) in [5.41, 5.74) is 11.1. The Morgan fingerprint density at radius 2 is 0.878 bits per heavy atom. The summed E-state index contributed by atoms with van der Waals surface area (Å²) in [5, 5.41) is 6.83. The molecule has 0 atom stereocenters. The summed E-state index contributed by atoms with van der Waals surface area (Å²) < 4.78 is 13.2.